The lowest BCUT2D eigenvalue weighted by Gasteiger charge is -2.18. The van der Waals surface area contributed by atoms with Crippen LogP contribution in [0, 0.1) is 6.92 Å². The predicted molar refractivity (Wildman–Crippen MR) is 114 cm³/mol. The molecule has 0 bridgehead atoms. The summed E-state index contributed by atoms with van der Waals surface area (Å²) in [6, 6.07) is 5.61. The summed E-state index contributed by atoms with van der Waals surface area (Å²) in [5, 5.41) is 10.1. The van der Waals surface area contributed by atoms with Gasteiger partial charge in [-0.1, -0.05) is 24.6 Å². The lowest BCUT2D eigenvalue weighted by atomic mass is 10.2. The minimum Gasteiger partial charge on any atom is -0.357 e. The summed E-state index contributed by atoms with van der Waals surface area (Å²) in [7, 11) is 0. The third-order valence-electron chi connectivity index (χ3n) is 4.68. The van der Waals surface area contributed by atoms with Crippen LogP contribution >= 0.6 is 11.6 Å². The zero-order valence-corrected chi connectivity index (χ0v) is 17.6. The van der Waals surface area contributed by atoms with Crippen molar-refractivity contribution in [2.75, 3.05) is 31.5 Å². The van der Waals surface area contributed by atoms with Crippen LogP contribution in [-0.2, 0) is 9.59 Å². The fraction of sp³-hybridized carbons (Fsp3) is 0.550. The van der Waals surface area contributed by atoms with Crippen LogP contribution in [0.2, 0.25) is 5.02 Å². The van der Waals surface area contributed by atoms with Crippen molar-refractivity contribution in [2.45, 2.75) is 46.1 Å². The molecular weight excluding hydrogens is 378 g/mol. The molecule has 1 aromatic carbocycles. The van der Waals surface area contributed by atoms with Gasteiger partial charge in [0.15, 0.2) is 5.96 Å². The Bertz CT molecular complexity index is 723. The van der Waals surface area contributed by atoms with E-state index in [4.69, 9.17) is 11.6 Å². The van der Waals surface area contributed by atoms with E-state index in [0.717, 1.165) is 30.8 Å². The van der Waals surface area contributed by atoms with Gasteiger partial charge in [0, 0.05) is 49.2 Å². The molecule has 1 aliphatic rings. The molecule has 0 radical (unpaired) electrons. The van der Waals surface area contributed by atoms with Crippen molar-refractivity contribution in [1.82, 2.24) is 15.5 Å². The molecular formula is C20H30ClN5O2. The molecule has 0 spiro atoms. The first-order valence-corrected chi connectivity index (χ1v) is 10.2. The Labute approximate surface area is 171 Å². The number of halogens is 1. The van der Waals surface area contributed by atoms with E-state index in [1.54, 1.807) is 6.07 Å². The van der Waals surface area contributed by atoms with Gasteiger partial charge in [0.05, 0.1) is 6.54 Å². The molecule has 0 aromatic heterocycles. The largest absolute Gasteiger partial charge is 0.357 e. The smallest absolute Gasteiger partial charge is 0.226 e. The van der Waals surface area contributed by atoms with E-state index in [0.29, 0.717) is 30.5 Å². The Kier molecular flexibility index (Phi) is 8.57. The van der Waals surface area contributed by atoms with Crippen LogP contribution in [-0.4, -0.2) is 54.9 Å². The standard InChI is InChI=1S/C20H30ClN5O2/c1-4-19(28)26-12-10-15(13-26)24-20(22-5-2)23-11-9-18(27)25-17-8-6-7-16(21)14(17)3/h6-8,15H,4-5,9-13H2,1-3H3,(H,25,27)(H2,22,23,24). The molecule has 154 valence electrons. The first-order valence-electron chi connectivity index (χ1n) is 9.82. The molecule has 2 rings (SSSR count). The summed E-state index contributed by atoms with van der Waals surface area (Å²) in [5.41, 5.74) is 1.57. The summed E-state index contributed by atoms with van der Waals surface area (Å²) in [6.07, 6.45) is 1.69. The molecule has 8 heteroatoms. The lowest BCUT2D eigenvalue weighted by molar-refractivity contribution is -0.129. The van der Waals surface area contributed by atoms with Crippen molar-refractivity contribution < 1.29 is 9.59 Å². The number of carbonyl (C=O) groups excluding carboxylic acids is 2. The first kappa shape index (κ1) is 22.0. The molecule has 3 N–H and O–H groups in total. The second-order valence-corrected chi connectivity index (χ2v) is 7.20. The van der Waals surface area contributed by atoms with Crippen LogP contribution in [0.1, 0.15) is 38.7 Å². The van der Waals surface area contributed by atoms with Gasteiger partial charge < -0.3 is 20.9 Å². The number of aliphatic imine (C=N–C) groups is 1. The van der Waals surface area contributed by atoms with Gasteiger partial charge in [0.1, 0.15) is 0 Å². The van der Waals surface area contributed by atoms with Crippen LogP contribution in [0.3, 0.4) is 0 Å². The number of hydrogen-bond donors (Lipinski definition) is 3. The topological polar surface area (TPSA) is 85.8 Å². The monoisotopic (exact) mass is 407 g/mol. The molecule has 1 aliphatic heterocycles. The highest BCUT2D eigenvalue weighted by molar-refractivity contribution is 6.31. The average Bonchev–Trinajstić information content (AvgIpc) is 3.13. The average molecular weight is 408 g/mol. The van der Waals surface area contributed by atoms with Gasteiger partial charge >= 0.3 is 0 Å². The molecule has 1 aromatic rings. The Morgan fingerprint density at radius 3 is 2.82 bits per heavy atom. The molecule has 2 amide bonds. The zero-order valence-electron chi connectivity index (χ0n) is 16.8. The normalized spacial score (nSPS) is 16.8. The third-order valence-corrected chi connectivity index (χ3v) is 5.09. The Balaban J connectivity index is 1.84. The summed E-state index contributed by atoms with van der Waals surface area (Å²) in [5.74, 6) is 0.745. The van der Waals surface area contributed by atoms with Crippen LogP contribution in [0.5, 0.6) is 0 Å². The zero-order chi connectivity index (χ0) is 20.5. The van der Waals surface area contributed by atoms with E-state index in [9.17, 15) is 9.59 Å². The number of benzene rings is 1. The summed E-state index contributed by atoms with van der Waals surface area (Å²) in [4.78, 5) is 30.4. The summed E-state index contributed by atoms with van der Waals surface area (Å²) < 4.78 is 0. The van der Waals surface area contributed by atoms with E-state index >= 15 is 0 Å². The number of nitrogens with zero attached hydrogens (tertiary/aromatic N) is 2. The molecule has 1 heterocycles. The minimum absolute atomic E-state index is 0.106. The molecule has 1 fully saturated rings. The lowest BCUT2D eigenvalue weighted by Crippen LogP contribution is -2.45. The van der Waals surface area contributed by atoms with Gasteiger partial charge in [-0.2, -0.15) is 0 Å². The van der Waals surface area contributed by atoms with E-state index in [2.05, 4.69) is 20.9 Å². The van der Waals surface area contributed by atoms with Gasteiger partial charge in [-0.15, -0.1) is 0 Å². The van der Waals surface area contributed by atoms with Crippen LogP contribution in [0.25, 0.3) is 0 Å². The number of carbonyl (C=O) groups is 2. The summed E-state index contributed by atoms with van der Waals surface area (Å²) >= 11 is 6.08. The van der Waals surface area contributed by atoms with Crippen molar-refractivity contribution in [3.63, 3.8) is 0 Å². The molecule has 7 nitrogen and oxygen atoms in total. The van der Waals surface area contributed by atoms with Gasteiger partial charge in [-0.25, -0.2) is 0 Å². The third kappa shape index (κ3) is 6.41. The molecule has 0 aliphatic carbocycles. The van der Waals surface area contributed by atoms with Crippen LogP contribution in [0.15, 0.2) is 23.2 Å². The number of hydrogen-bond acceptors (Lipinski definition) is 3. The van der Waals surface area contributed by atoms with E-state index in [1.807, 2.05) is 37.8 Å². The van der Waals surface area contributed by atoms with Gasteiger partial charge in [0.25, 0.3) is 0 Å². The molecule has 1 unspecified atom stereocenters. The number of likely N-dealkylation sites (tertiary alicyclic amines) is 1. The molecule has 28 heavy (non-hydrogen) atoms. The van der Waals surface area contributed by atoms with Crippen LogP contribution < -0.4 is 16.0 Å². The first-order chi connectivity index (χ1) is 13.4. The summed E-state index contributed by atoms with van der Waals surface area (Å²) in [6.45, 7) is 8.29. The number of guanidine groups is 1. The number of nitrogens with one attached hydrogen (secondary N) is 3. The second-order valence-electron chi connectivity index (χ2n) is 6.79. The Hall–Kier alpha value is -2.28. The quantitative estimate of drug-likeness (QED) is 0.479. The Morgan fingerprint density at radius 2 is 2.11 bits per heavy atom. The molecule has 1 saturated heterocycles. The fourth-order valence-electron chi connectivity index (χ4n) is 3.07. The van der Waals surface area contributed by atoms with Crippen molar-refractivity contribution in [2.24, 2.45) is 4.99 Å². The van der Waals surface area contributed by atoms with Crippen molar-refractivity contribution in [3.8, 4) is 0 Å². The Morgan fingerprint density at radius 1 is 1.32 bits per heavy atom. The van der Waals surface area contributed by atoms with Crippen LogP contribution in [0.4, 0.5) is 5.69 Å². The number of amides is 2. The van der Waals surface area contributed by atoms with Crippen molar-refractivity contribution in [3.05, 3.63) is 28.8 Å². The molecule has 1 atom stereocenters. The second kappa shape index (κ2) is 10.9. The maximum Gasteiger partial charge on any atom is 0.226 e. The maximum absolute atomic E-state index is 12.2. The SMILES string of the molecule is CCNC(=NCCC(=O)Nc1cccc(Cl)c1C)NC1CCN(C(=O)CC)C1. The van der Waals surface area contributed by atoms with E-state index in [1.165, 1.54) is 0 Å². The highest BCUT2D eigenvalue weighted by Crippen LogP contribution is 2.22. The number of rotatable bonds is 7. The van der Waals surface area contributed by atoms with E-state index < -0.39 is 0 Å². The highest BCUT2D eigenvalue weighted by atomic mass is 35.5. The van der Waals surface area contributed by atoms with Gasteiger partial charge in [-0.05, 0) is 38.0 Å². The van der Waals surface area contributed by atoms with Gasteiger partial charge in [0.2, 0.25) is 11.8 Å². The maximum atomic E-state index is 12.2. The predicted octanol–water partition coefficient (Wildman–Crippen LogP) is 2.54. The minimum atomic E-state index is -0.106. The number of anilines is 1. The van der Waals surface area contributed by atoms with Crippen molar-refractivity contribution >= 4 is 35.1 Å². The van der Waals surface area contributed by atoms with E-state index in [-0.39, 0.29) is 24.3 Å². The van der Waals surface area contributed by atoms with Gasteiger partial charge in [-0.3, -0.25) is 14.6 Å². The highest BCUT2D eigenvalue weighted by Gasteiger charge is 2.25. The fourth-order valence-corrected chi connectivity index (χ4v) is 3.24. The molecule has 0 saturated carbocycles. The van der Waals surface area contributed by atoms with Crippen molar-refractivity contribution in [1.29, 1.82) is 0 Å².